The lowest BCUT2D eigenvalue weighted by atomic mass is 9.81. The average Bonchev–Trinajstić information content (AvgIpc) is 2.33. The van der Waals surface area contributed by atoms with Crippen LogP contribution in [-0.2, 0) is 5.60 Å². The number of hydrogen-bond donors (Lipinski definition) is 3. The normalized spacial score (nSPS) is 28.6. The predicted octanol–water partition coefficient (Wildman–Crippen LogP) is 1.25. The highest BCUT2D eigenvalue weighted by atomic mass is 16.3. The summed E-state index contributed by atoms with van der Waals surface area (Å²) in [5.74, 6) is 0.124. The molecule has 1 saturated heterocycles. The Balaban J connectivity index is 2.06. The third-order valence-electron chi connectivity index (χ3n) is 3.62. The van der Waals surface area contributed by atoms with Gasteiger partial charge in [-0.05, 0) is 31.9 Å². The molecule has 3 heteroatoms. The molecule has 3 N–H and O–H groups in total. The molecule has 1 aromatic carbocycles. The first-order valence-electron chi connectivity index (χ1n) is 6.26. The summed E-state index contributed by atoms with van der Waals surface area (Å²) in [6, 6.07) is 9.67. The van der Waals surface area contributed by atoms with Crippen LogP contribution in [0.5, 0.6) is 0 Å². The number of aliphatic hydroxyl groups excluding tert-OH is 1. The lowest BCUT2D eigenvalue weighted by molar-refractivity contribution is -0.0121. The molecule has 3 nitrogen and oxygen atoms in total. The van der Waals surface area contributed by atoms with Crippen LogP contribution >= 0.6 is 0 Å². The molecule has 1 aliphatic rings. The highest BCUT2D eigenvalue weighted by Gasteiger charge is 2.32. The number of hydrogen-bond acceptors (Lipinski definition) is 3. The van der Waals surface area contributed by atoms with Crippen LogP contribution in [0, 0.1) is 5.92 Å². The van der Waals surface area contributed by atoms with E-state index in [2.05, 4.69) is 5.32 Å². The smallest absolute Gasteiger partial charge is 0.0872 e. The summed E-state index contributed by atoms with van der Waals surface area (Å²) < 4.78 is 0. The zero-order chi connectivity index (χ0) is 12.3. The molecule has 0 spiro atoms. The molecule has 0 bridgehead atoms. The molecular formula is C14H21NO2. The van der Waals surface area contributed by atoms with Crippen molar-refractivity contribution < 1.29 is 10.2 Å². The molecule has 1 aliphatic heterocycles. The molecule has 1 heterocycles. The standard InChI is InChI=1S/C14H21NO2/c1-14(17,12-5-3-2-4-6-12)9-11-10-15-8-7-13(11)16/h2-6,11,13,15-17H,7-10H2,1H3. The van der Waals surface area contributed by atoms with Crippen LogP contribution in [0.3, 0.4) is 0 Å². The Kier molecular flexibility index (Phi) is 3.82. The van der Waals surface area contributed by atoms with Crippen LogP contribution in [0.25, 0.3) is 0 Å². The van der Waals surface area contributed by atoms with Crippen molar-refractivity contribution in [3.63, 3.8) is 0 Å². The molecule has 1 fully saturated rings. The summed E-state index contributed by atoms with van der Waals surface area (Å²) in [5.41, 5.74) is 0.0455. The van der Waals surface area contributed by atoms with Crippen molar-refractivity contribution in [3.05, 3.63) is 35.9 Å². The highest BCUT2D eigenvalue weighted by molar-refractivity contribution is 5.21. The van der Waals surface area contributed by atoms with Gasteiger partial charge in [0.15, 0.2) is 0 Å². The zero-order valence-corrected chi connectivity index (χ0v) is 10.3. The largest absolute Gasteiger partial charge is 0.393 e. The Bertz CT molecular complexity index is 350. The third-order valence-corrected chi connectivity index (χ3v) is 3.62. The van der Waals surface area contributed by atoms with Crippen molar-refractivity contribution in [2.75, 3.05) is 13.1 Å². The van der Waals surface area contributed by atoms with E-state index in [0.717, 1.165) is 25.1 Å². The van der Waals surface area contributed by atoms with Gasteiger partial charge in [-0.3, -0.25) is 0 Å². The van der Waals surface area contributed by atoms with Crippen molar-refractivity contribution in [1.29, 1.82) is 0 Å². The fourth-order valence-corrected chi connectivity index (χ4v) is 2.54. The van der Waals surface area contributed by atoms with E-state index in [1.807, 2.05) is 37.3 Å². The molecule has 2 rings (SSSR count). The number of piperidine rings is 1. The summed E-state index contributed by atoms with van der Waals surface area (Å²) >= 11 is 0. The SMILES string of the molecule is CC(O)(CC1CNCCC1O)c1ccccc1. The lowest BCUT2D eigenvalue weighted by Crippen LogP contribution is -2.43. The van der Waals surface area contributed by atoms with E-state index >= 15 is 0 Å². The first-order chi connectivity index (χ1) is 8.09. The summed E-state index contributed by atoms with van der Waals surface area (Å²) in [6.07, 6.45) is 1.06. The average molecular weight is 235 g/mol. The predicted molar refractivity (Wildman–Crippen MR) is 67.6 cm³/mol. The van der Waals surface area contributed by atoms with Crippen LogP contribution in [-0.4, -0.2) is 29.4 Å². The molecule has 17 heavy (non-hydrogen) atoms. The van der Waals surface area contributed by atoms with Crippen molar-refractivity contribution in [3.8, 4) is 0 Å². The van der Waals surface area contributed by atoms with Crippen LogP contribution < -0.4 is 5.32 Å². The molecule has 0 amide bonds. The van der Waals surface area contributed by atoms with Gasteiger partial charge in [0.25, 0.3) is 0 Å². The van der Waals surface area contributed by atoms with E-state index in [9.17, 15) is 10.2 Å². The van der Waals surface area contributed by atoms with Gasteiger partial charge >= 0.3 is 0 Å². The fourth-order valence-electron chi connectivity index (χ4n) is 2.54. The molecule has 0 aromatic heterocycles. The summed E-state index contributed by atoms with van der Waals surface area (Å²) in [7, 11) is 0. The van der Waals surface area contributed by atoms with Crippen LogP contribution in [0.1, 0.15) is 25.3 Å². The van der Waals surface area contributed by atoms with Crippen LogP contribution in [0.4, 0.5) is 0 Å². The van der Waals surface area contributed by atoms with Crippen LogP contribution in [0.15, 0.2) is 30.3 Å². The van der Waals surface area contributed by atoms with Gasteiger partial charge in [0, 0.05) is 12.5 Å². The molecule has 3 atom stereocenters. The van der Waals surface area contributed by atoms with Gasteiger partial charge in [0.1, 0.15) is 0 Å². The molecule has 3 unspecified atom stereocenters. The maximum atomic E-state index is 10.5. The van der Waals surface area contributed by atoms with Crippen molar-refractivity contribution in [2.24, 2.45) is 5.92 Å². The fraction of sp³-hybridized carbons (Fsp3) is 0.571. The van der Waals surface area contributed by atoms with Crippen molar-refractivity contribution >= 4 is 0 Å². The van der Waals surface area contributed by atoms with Gasteiger partial charge in [0.2, 0.25) is 0 Å². The van der Waals surface area contributed by atoms with Crippen molar-refractivity contribution in [1.82, 2.24) is 5.32 Å². The first-order valence-corrected chi connectivity index (χ1v) is 6.26. The Morgan fingerprint density at radius 2 is 2.06 bits per heavy atom. The van der Waals surface area contributed by atoms with Gasteiger partial charge in [-0.1, -0.05) is 30.3 Å². The number of aliphatic hydroxyl groups is 2. The summed E-state index contributed by atoms with van der Waals surface area (Å²) in [6.45, 7) is 3.47. The second-order valence-electron chi connectivity index (χ2n) is 5.16. The van der Waals surface area contributed by atoms with Gasteiger partial charge in [0.05, 0.1) is 11.7 Å². The van der Waals surface area contributed by atoms with Gasteiger partial charge in [-0.2, -0.15) is 0 Å². The molecule has 0 saturated carbocycles. The van der Waals surface area contributed by atoms with Crippen LogP contribution in [0.2, 0.25) is 0 Å². The van der Waals surface area contributed by atoms with Gasteiger partial charge in [-0.25, -0.2) is 0 Å². The Labute approximate surface area is 102 Å². The minimum Gasteiger partial charge on any atom is -0.393 e. The maximum absolute atomic E-state index is 10.5. The topological polar surface area (TPSA) is 52.5 Å². The molecular weight excluding hydrogens is 214 g/mol. The quantitative estimate of drug-likeness (QED) is 0.739. The highest BCUT2D eigenvalue weighted by Crippen LogP contribution is 2.30. The Morgan fingerprint density at radius 1 is 1.35 bits per heavy atom. The van der Waals surface area contributed by atoms with Crippen molar-refractivity contribution in [2.45, 2.75) is 31.5 Å². The molecule has 0 aliphatic carbocycles. The van der Waals surface area contributed by atoms with Gasteiger partial charge in [-0.15, -0.1) is 0 Å². The second-order valence-corrected chi connectivity index (χ2v) is 5.16. The molecule has 1 aromatic rings. The number of benzene rings is 1. The van der Waals surface area contributed by atoms with E-state index in [4.69, 9.17) is 0 Å². The second kappa shape index (κ2) is 5.17. The first kappa shape index (κ1) is 12.6. The van der Waals surface area contributed by atoms with E-state index < -0.39 is 5.60 Å². The Hall–Kier alpha value is -0.900. The van der Waals surface area contributed by atoms with E-state index in [0.29, 0.717) is 6.42 Å². The van der Waals surface area contributed by atoms with E-state index in [1.165, 1.54) is 0 Å². The summed E-state index contributed by atoms with van der Waals surface area (Å²) in [4.78, 5) is 0. The number of rotatable bonds is 3. The monoisotopic (exact) mass is 235 g/mol. The van der Waals surface area contributed by atoms with E-state index in [1.54, 1.807) is 0 Å². The third kappa shape index (κ3) is 3.06. The van der Waals surface area contributed by atoms with E-state index in [-0.39, 0.29) is 12.0 Å². The molecule has 94 valence electrons. The lowest BCUT2D eigenvalue weighted by Gasteiger charge is -2.34. The maximum Gasteiger partial charge on any atom is 0.0872 e. The number of nitrogens with one attached hydrogen (secondary N) is 1. The van der Waals surface area contributed by atoms with Gasteiger partial charge < -0.3 is 15.5 Å². The summed E-state index contributed by atoms with van der Waals surface area (Å²) in [5, 5.41) is 23.7. The Morgan fingerprint density at radius 3 is 2.71 bits per heavy atom. The molecule has 0 radical (unpaired) electrons. The zero-order valence-electron chi connectivity index (χ0n) is 10.3. The minimum atomic E-state index is -0.869. The minimum absolute atomic E-state index is 0.124.